The average Bonchev–Trinajstić information content (AvgIpc) is 2.79. The fourth-order valence-electron chi connectivity index (χ4n) is 2.53. The monoisotopic (exact) mass is 321 g/mol. The number of aromatic nitrogens is 1. The zero-order chi connectivity index (χ0) is 15.2. The number of hydrogen-bond acceptors (Lipinski definition) is 2. The number of nitrogens with one attached hydrogen (secondary N) is 2. The van der Waals surface area contributed by atoms with Crippen molar-refractivity contribution in [3.63, 3.8) is 0 Å². The maximum Gasteiger partial charge on any atom is 0.253 e. The van der Waals surface area contributed by atoms with E-state index in [1.165, 1.54) is 0 Å². The molecule has 0 saturated heterocycles. The molecule has 4 nitrogen and oxygen atoms in total. The standard InChI is InChI=1S/C17H23N3O.ClH/c1-13-12-16(17(21)19-11-7-10-18-3)14(2)20(13)15-8-5-4-6-9-15;/h4-6,8-9,12,18H,7,10-11H2,1-3H3,(H,19,21);1H. The molecule has 2 N–H and O–H groups in total. The van der Waals surface area contributed by atoms with E-state index in [1.54, 1.807) is 0 Å². The van der Waals surface area contributed by atoms with E-state index in [2.05, 4.69) is 27.3 Å². The summed E-state index contributed by atoms with van der Waals surface area (Å²) in [6.45, 7) is 5.61. The zero-order valence-corrected chi connectivity index (χ0v) is 14.2. The number of rotatable bonds is 6. The van der Waals surface area contributed by atoms with Gasteiger partial charge in [-0.1, -0.05) is 18.2 Å². The summed E-state index contributed by atoms with van der Waals surface area (Å²) < 4.78 is 2.11. The normalized spacial score (nSPS) is 10.1. The number of hydrogen-bond donors (Lipinski definition) is 2. The summed E-state index contributed by atoms with van der Waals surface area (Å²) in [6.07, 6.45) is 0.930. The third-order valence-corrected chi connectivity index (χ3v) is 3.58. The summed E-state index contributed by atoms with van der Waals surface area (Å²) in [5.74, 6) is 0.00128. The Hall–Kier alpha value is -1.78. The number of carbonyl (C=O) groups excluding carboxylic acids is 1. The summed E-state index contributed by atoms with van der Waals surface area (Å²) in [5.41, 5.74) is 3.88. The number of aryl methyl sites for hydroxylation is 1. The van der Waals surface area contributed by atoms with Crippen molar-refractivity contribution in [3.05, 3.63) is 53.3 Å². The van der Waals surface area contributed by atoms with Crippen molar-refractivity contribution < 1.29 is 4.79 Å². The summed E-state index contributed by atoms with van der Waals surface area (Å²) in [6, 6.07) is 12.1. The first-order chi connectivity index (χ1) is 10.1. The smallest absolute Gasteiger partial charge is 0.253 e. The molecule has 0 bridgehead atoms. The van der Waals surface area contributed by atoms with Gasteiger partial charge >= 0.3 is 0 Å². The van der Waals surface area contributed by atoms with Crippen molar-refractivity contribution in [2.75, 3.05) is 20.1 Å². The third-order valence-electron chi connectivity index (χ3n) is 3.58. The second kappa shape index (κ2) is 8.61. The Morgan fingerprint density at radius 2 is 1.82 bits per heavy atom. The molecule has 1 aromatic carbocycles. The lowest BCUT2D eigenvalue weighted by atomic mass is 10.2. The van der Waals surface area contributed by atoms with Crippen LogP contribution in [0.3, 0.4) is 0 Å². The zero-order valence-electron chi connectivity index (χ0n) is 13.3. The van der Waals surface area contributed by atoms with Crippen LogP contribution in [0.1, 0.15) is 28.2 Å². The Labute approximate surface area is 138 Å². The van der Waals surface area contributed by atoms with E-state index >= 15 is 0 Å². The molecule has 5 heteroatoms. The minimum absolute atomic E-state index is 0. The van der Waals surface area contributed by atoms with Crippen molar-refractivity contribution in [2.24, 2.45) is 0 Å². The number of benzene rings is 1. The summed E-state index contributed by atoms with van der Waals surface area (Å²) >= 11 is 0. The van der Waals surface area contributed by atoms with Gasteiger partial charge in [-0.3, -0.25) is 4.79 Å². The van der Waals surface area contributed by atoms with Gasteiger partial charge in [0.15, 0.2) is 0 Å². The molecule has 1 aromatic heterocycles. The second-order valence-electron chi connectivity index (χ2n) is 5.17. The van der Waals surface area contributed by atoms with Crippen LogP contribution in [-0.4, -0.2) is 30.6 Å². The molecule has 0 aliphatic carbocycles. The van der Waals surface area contributed by atoms with Gasteiger partial charge in [0.05, 0.1) is 5.56 Å². The number of carbonyl (C=O) groups is 1. The molecule has 1 amide bonds. The van der Waals surface area contributed by atoms with Gasteiger partial charge < -0.3 is 15.2 Å². The lowest BCUT2D eigenvalue weighted by Gasteiger charge is -2.10. The quantitative estimate of drug-likeness (QED) is 0.804. The average molecular weight is 322 g/mol. The van der Waals surface area contributed by atoms with Gasteiger partial charge in [0.2, 0.25) is 0 Å². The first-order valence-electron chi connectivity index (χ1n) is 7.32. The highest BCUT2D eigenvalue weighted by atomic mass is 35.5. The molecule has 0 fully saturated rings. The highest BCUT2D eigenvalue weighted by molar-refractivity contribution is 5.95. The molecule has 0 atom stereocenters. The Morgan fingerprint density at radius 1 is 1.14 bits per heavy atom. The van der Waals surface area contributed by atoms with Gasteiger partial charge in [0.25, 0.3) is 5.91 Å². The summed E-state index contributed by atoms with van der Waals surface area (Å²) in [7, 11) is 1.91. The van der Waals surface area contributed by atoms with Gasteiger partial charge in [0, 0.05) is 23.6 Å². The van der Waals surface area contributed by atoms with Gasteiger partial charge in [-0.15, -0.1) is 12.4 Å². The topological polar surface area (TPSA) is 46.1 Å². The van der Waals surface area contributed by atoms with Gasteiger partial charge in [-0.25, -0.2) is 0 Å². The fourth-order valence-corrected chi connectivity index (χ4v) is 2.53. The van der Waals surface area contributed by atoms with Crippen LogP contribution in [0.2, 0.25) is 0 Å². The van der Waals surface area contributed by atoms with Crippen LogP contribution in [0, 0.1) is 13.8 Å². The maximum atomic E-state index is 12.3. The summed E-state index contributed by atoms with van der Waals surface area (Å²) in [4.78, 5) is 12.3. The van der Waals surface area contributed by atoms with Crippen molar-refractivity contribution in [1.82, 2.24) is 15.2 Å². The molecule has 0 aliphatic heterocycles. The highest BCUT2D eigenvalue weighted by Gasteiger charge is 2.15. The molecular formula is C17H24ClN3O. The molecule has 0 aliphatic rings. The van der Waals surface area contributed by atoms with Crippen LogP contribution in [0.15, 0.2) is 36.4 Å². The molecule has 0 radical (unpaired) electrons. The van der Waals surface area contributed by atoms with Crippen molar-refractivity contribution in [1.29, 1.82) is 0 Å². The molecular weight excluding hydrogens is 298 g/mol. The van der Waals surface area contributed by atoms with Crippen molar-refractivity contribution in [3.8, 4) is 5.69 Å². The Morgan fingerprint density at radius 3 is 2.45 bits per heavy atom. The molecule has 2 aromatic rings. The van der Waals surface area contributed by atoms with Crippen molar-refractivity contribution >= 4 is 18.3 Å². The Balaban J connectivity index is 0.00000242. The minimum atomic E-state index is 0. The van der Waals surface area contributed by atoms with Crippen molar-refractivity contribution in [2.45, 2.75) is 20.3 Å². The largest absolute Gasteiger partial charge is 0.352 e. The molecule has 22 heavy (non-hydrogen) atoms. The number of amides is 1. The van der Waals surface area contributed by atoms with E-state index in [1.807, 2.05) is 45.2 Å². The van der Waals surface area contributed by atoms with Crippen LogP contribution in [0.5, 0.6) is 0 Å². The molecule has 0 unspecified atom stereocenters. The lowest BCUT2D eigenvalue weighted by molar-refractivity contribution is 0.0952. The SMILES string of the molecule is CNCCCNC(=O)c1cc(C)n(-c2ccccc2)c1C.Cl. The van der Waals surface area contributed by atoms with Crippen LogP contribution in [-0.2, 0) is 0 Å². The van der Waals surface area contributed by atoms with Gasteiger partial charge in [-0.05, 0) is 52.1 Å². The van der Waals surface area contributed by atoms with E-state index < -0.39 is 0 Å². The van der Waals surface area contributed by atoms with E-state index in [4.69, 9.17) is 0 Å². The van der Waals surface area contributed by atoms with Crippen LogP contribution < -0.4 is 10.6 Å². The first-order valence-corrected chi connectivity index (χ1v) is 7.32. The van der Waals surface area contributed by atoms with E-state index in [0.29, 0.717) is 6.54 Å². The number of halogens is 1. The molecule has 0 saturated carbocycles. The number of nitrogens with zero attached hydrogens (tertiary/aromatic N) is 1. The number of para-hydroxylation sites is 1. The van der Waals surface area contributed by atoms with Crippen LogP contribution >= 0.6 is 12.4 Å². The van der Waals surface area contributed by atoms with E-state index in [-0.39, 0.29) is 18.3 Å². The lowest BCUT2D eigenvalue weighted by Crippen LogP contribution is -2.26. The maximum absolute atomic E-state index is 12.3. The summed E-state index contributed by atoms with van der Waals surface area (Å²) in [5, 5.41) is 6.05. The minimum Gasteiger partial charge on any atom is -0.352 e. The Bertz CT molecular complexity index is 608. The third kappa shape index (κ3) is 4.12. The van der Waals surface area contributed by atoms with Crippen LogP contribution in [0.25, 0.3) is 5.69 Å². The predicted octanol–water partition coefficient (Wildman–Crippen LogP) is 2.86. The van der Waals surface area contributed by atoms with Gasteiger partial charge in [0.1, 0.15) is 0 Å². The molecule has 120 valence electrons. The van der Waals surface area contributed by atoms with E-state index in [9.17, 15) is 4.79 Å². The second-order valence-corrected chi connectivity index (χ2v) is 5.17. The molecule has 0 spiro atoms. The molecule has 1 heterocycles. The Kier molecular flexibility index (Phi) is 7.15. The fraction of sp³-hybridized carbons (Fsp3) is 0.353. The molecule has 2 rings (SSSR count). The highest BCUT2D eigenvalue weighted by Crippen LogP contribution is 2.20. The van der Waals surface area contributed by atoms with Crippen LogP contribution in [0.4, 0.5) is 0 Å². The first kappa shape index (κ1) is 18.3. The predicted molar refractivity (Wildman–Crippen MR) is 93.4 cm³/mol. The van der Waals surface area contributed by atoms with E-state index in [0.717, 1.165) is 35.6 Å². The van der Waals surface area contributed by atoms with Gasteiger partial charge in [-0.2, -0.15) is 0 Å².